The van der Waals surface area contributed by atoms with E-state index in [9.17, 15) is 47.9 Å². The predicted molar refractivity (Wildman–Crippen MR) is 217 cm³/mol. The first kappa shape index (κ1) is 77.4. The first-order chi connectivity index (χ1) is 26.7. The Labute approximate surface area is 347 Å². The van der Waals surface area contributed by atoms with Crippen molar-refractivity contribution in [3.8, 4) is 0 Å². The van der Waals surface area contributed by atoms with E-state index in [1.165, 1.54) is 76.2 Å². The molecule has 0 saturated carbocycles. The lowest BCUT2D eigenvalue weighted by Gasteiger charge is -1.89. The minimum absolute atomic E-state index is 0.167. The highest BCUT2D eigenvalue weighted by atomic mass is 16.6. The zero-order valence-corrected chi connectivity index (χ0v) is 39.1. The highest BCUT2D eigenvalue weighted by molar-refractivity contribution is 5.72. The lowest BCUT2D eigenvalue weighted by molar-refractivity contribution is -0.141. The molecule has 0 aliphatic heterocycles. The summed E-state index contributed by atoms with van der Waals surface area (Å²) in [6.45, 7) is 35.9. The van der Waals surface area contributed by atoms with E-state index >= 15 is 0 Å². The SMILES string of the molecule is CC(C)=O.CCOC(C)=O.CCOC(C)=O.CCOC(C)=O.CCOC(C)=O.CCOC(C)=O.CCOC(C)=O.CCOC(C)=O.CCOC(C)=O.CCOC(C)=O. The van der Waals surface area contributed by atoms with Gasteiger partial charge in [0, 0.05) is 62.3 Å². The quantitative estimate of drug-likeness (QED) is 0.198. The van der Waals surface area contributed by atoms with Crippen LogP contribution < -0.4 is 0 Å². The average molecular weight is 851 g/mol. The van der Waals surface area contributed by atoms with Crippen molar-refractivity contribution in [2.75, 3.05) is 59.5 Å². The Morgan fingerprint density at radius 1 is 0.207 bits per heavy atom. The van der Waals surface area contributed by atoms with Gasteiger partial charge in [0.05, 0.1) is 59.5 Å². The van der Waals surface area contributed by atoms with Gasteiger partial charge in [0.1, 0.15) is 5.78 Å². The van der Waals surface area contributed by atoms with Gasteiger partial charge < -0.3 is 47.4 Å². The fraction of sp³-hybridized carbons (Fsp3) is 0.744. The van der Waals surface area contributed by atoms with Crippen LogP contribution in [0.25, 0.3) is 0 Å². The number of hydrogen-bond acceptors (Lipinski definition) is 19. The molecule has 19 nitrogen and oxygen atoms in total. The van der Waals surface area contributed by atoms with Crippen LogP contribution in [0.1, 0.15) is 138 Å². The Morgan fingerprint density at radius 2 is 0.259 bits per heavy atom. The van der Waals surface area contributed by atoms with E-state index in [0.717, 1.165) is 0 Å². The molecule has 0 rings (SSSR count). The summed E-state index contributed by atoms with van der Waals surface area (Å²) < 4.78 is 39.6. The maximum Gasteiger partial charge on any atom is 0.302 e. The van der Waals surface area contributed by atoms with Gasteiger partial charge in [-0.15, -0.1) is 0 Å². The van der Waals surface area contributed by atoms with Gasteiger partial charge in [-0.05, 0) is 76.2 Å². The summed E-state index contributed by atoms with van der Waals surface area (Å²) >= 11 is 0. The fourth-order valence-corrected chi connectivity index (χ4v) is 1.83. The molecule has 0 aliphatic rings. The molecule has 348 valence electrons. The normalized spacial score (nSPS) is 7.59. The summed E-state index contributed by atoms with van der Waals surface area (Å²) in [6.07, 6.45) is 0. The average Bonchev–Trinajstić information content (AvgIpc) is 3.03. The van der Waals surface area contributed by atoms with Crippen molar-refractivity contribution >= 4 is 59.5 Å². The van der Waals surface area contributed by atoms with E-state index in [4.69, 9.17) is 0 Å². The predicted octanol–water partition coefficient (Wildman–Crippen LogP) is 5.72. The zero-order chi connectivity index (χ0) is 48.5. The van der Waals surface area contributed by atoms with E-state index in [-0.39, 0.29) is 59.5 Å². The first-order valence-electron chi connectivity index (χ1n) is 18.3. The number of carbonyl (C=O) groups excluding carboxylic acids is 10. The second kappa shape index (κ2) is 73.1. The maximum absolute atomic E-state index is 9.82. The highest BCUT2D eigenvalue weighted by Gasteiger charge is 1.85. The van der Waals surface area contributed by atoms with Gasteiger partial charge in [0.25, 0.3) is 0 Å². The van der Waals surface area contributed by atoms with Crippen molar-refractivity contribution < 1.29 is 90.6 Å². The highest BCUT2D eigenvalue weighted by Crippen LogP contribution is 1.74. The summed E-state index contributed by atoms with van der Waals surface area (Å²) in [5.74, 6) is -1.73. The van der Waals surface area contributed by atoms with Crippen molar-refractivity contribution in [2.24, 2.45) is 0 Å². The second-order valence-electron chi connectivity index (χ2n) is 9.23. The van der Waals surface area contributed by atoms with Crippen LogP contribution in [-0.2, 0) is 90.6 Å². The Hall–Kier alpha value is -5.10. The zero-order valence-electron chi connectivity index (χ0n) is 39.1. The molecule has 0 N–H and O–H groups in total. The van der Waals surface area contributed by atoms with Crippen LogP contribution in [0.4, 0.5) is 0 Å². The molecule has 0 aromatic carbocycles. The number of esters is 9. The third kappa shape index (κ3) is 264. The Bertz CT molecular complexity index is 761. The first-order valence-corrected chi connectivity index (χ1v) is 18.3. The molecule has 0 aromatic heterocycles. The minimum atomic E-state index is -0.211. The lowest BCUT2D eigenvalue weighted by atomic mass is 10.6. The molecule has 0 bridgehead atoms. The molecule has 0 unspecified atom stereocenters. The molecule has 0 amide bonds. The van der Waals surface area contributed by atoms with Gasteiger partial charge in [-0.25, -0.2) is 0 Å². The molecule has 19 heteroatoms. The van der Waals surface area contributed by atoms with E-state index in [1.54, 1.807) is 62.3 Å². The number of carbonyl (C=O) groups is 10. The molecule has 58 heavy (non-hydrogen) atoms. The summed E-state index contributed by atoms with van der Waals surface area (Å²) in [7, 11) is 0. The molecular formula is C39H78O19. The molecule has 0 atom stereocenters. The van der Waals surface area contributed by atoms with E-state index in [0.29, 0.717) is 59.5 Å². The number of rotatable bonds is 9. The van der Waals surface area contributed by atoms with Crippen molar-refractivity contribution in [3.05, 3.63) is 0 Å². The molecule has 0 saturated heterocycles. The van der Waals surface area contributed by atoms with E-state index < -0.39 is 0 Å². The molecule has 0 aromatic rings. The Morgan fingerprint density at radius 3 is 0.259 bits per heavy atom. The molecule has 0 spiro atoms. The van der Waals surface area contributed by atoms with E-state index in [1.807, 2.05) is 0 Å². The smallest absolute Gasteiger partial charge is 0.302 e. The number of hydrogen-bond donors (Lipinski definition) is 0. The van der Waals surface area contributed by atoms with Crippen LogP contribution in [0.2, 0.25) is 0 Å². The van der Waals surface area contributed by atoms with Crippen LogP contribution in [0.5, 0.6) is 0 Å². The molecule has 0 heterocycles. The van der Waals surface area contributed by atoms with Crippen LogP contribution in [0.3, 0.4) is 0 Å². The van der Waals surface area contributed by atoms with Gasteiger partial charge in [-0.2, -0.15) is 0 Å². The van der Waals surface area contributed by atoms with Crippen LogP contribution in [-0.4, -0.2) is 119 Å². The van der Waals surface area contributed by atoms with Gasteiger partial charge in [0.2, 0.25) is 0 Å². The van der Waals surface area contributed by atoms with Gasteiger partial charge >= 0.3 is 53.7 Å². The third-order valence-electron chi connectivity index (χ3n) is 3.13. The largest absolute Gasteiger partial charge is 0.466 e. The van der Waals surface area contributed by atoms with Crippen molar-refractivity contribution in [1.82, 2.24) is 0 Å². The number of Topliss-reactive ketones (excluding diaryl/α,β-unsaturated/α-hetero) is 1. The van der Waals surface area contributed by atoms with E-state index in [2.05, 4.69) is 42.6 Å². The lowest BCUT2D eigenvalue weighted by Crippen LogP contribution is -1.95. The standard InChI is InChI=1S/9C4H8O2.C3H6O/c9*1-3-6-4(2)5;1-3(2)4/h9*3H2,1-2H3;1-2H3. The summed E-state index contributed by atoms with van der Waals surface area (Å²) in [5.41, 5.74) is 0. The number of ketones is 1. The summed E-state index contributed by atoms with van der Waals surface area (Å²) in [5, 5.41) is 0. The van der Waals surface area contributed by atoms with Crippen LogP contribution in [0, 0.1) is 0 Å². The van der Waals surface area contributed by atoms with Gasteiger partial charge in [-0.3, -0.25) is 43.2 Å². The molecular weight excluding hydrogens is 772 g/mol. The third-order valence-corrected chi connectivity index (χ3v) is 3.13. The van der Waals surface area contributed by atoms with Crippen LogP contribution >= 0.6 is 0 Å². The maximum atomic E-state index is 9.82. The molecule has 0 radical (unpaired) electrons. The fourth-order valence-electron chi connectivity index (χ4n) is 1.83. The van der Waals surface area contributed by atoms with Crippen molar-refractivity contribution in [2.45, 2.75) is 138 Å². The Kier molecular flexibility index (Phi) is 97.5. The van der Waals surface area contributed by atoms with Crippen molar-refractivity contribution in [1.29, 1.82) is 0 Å². The number of ether oxygens (including phenoxy) is 9. The molecule has 0 aliphatic carbocycles. The summed E-state index contributed by atoms with van der Waals surface area (Å²) in [4.78, 5) is 97.8. The second-order valence-corrected chi connectivity index (χ2v) is 9.23. The van der Waals surface area contributed by atoms with Gasteiger partial charge in [0.15, 0.2) is 0 Å². The molecule has 0 fully saturated rings. The minimum Gasteiger partial charge on any atom is -0.466 e. The van der Waals surface area contributed by atoms with Crippen molar-refractivity contribution in [3.63, 3.8) is 0 Å². The monoisotopic (exact) mass is 851 g/mol. The van der Waals surface area contributed by atoms with Crippen LogP contribution in [0.15, 0.2) is 0 Å². The Balaban J connectivity index is -0.0000000553. The summed E-state index contributed by atoms with van der Waals surface area (Å²) in [6, 6.07) is 0. The van der Waals surface area contributed by atoms with Gasteiger partial charge in [-0.1, -0.05) is 0 Å². The topological polar surface area (TPSA) is 254 Å².